The van der Waals surface area contributed by atoms with E-state index in [9.17, 15) is 19.3 Å². The fourth-order valence-corrected chi connectivity index (χ4v) is 1.72. The molecule has 7 heteroatoms. The van der Waals surface area contributed by atoms with Crippen LogP contribution in [0.4, 0.5) is 10.1 Å². The summed E-state index contributed by atoms with van der Waals surface area (Å²) in [4.78, 5) is 21.8. The number of hydrogen-bond donors (Lipinski definition) is 0. The van der Waals surface area contributed by atoms with Gasteiger partial charge in [-0.3, -0.25) is 14.9 Å². The molecule has 0 fully saturated rings. The Kier molecular flexibility index (Phi) is 4.62. The Morgan fingerprint density at radius 3 is 2.53 bits per heavy atom. The summed E-state index contributed by atoms with van der Waals surface area (Å²) in [7, 11) is 0. The van der Waals surface area contributed by atoms with Crippen LogP contribution >= 0.6 is 15.9 Å². The summed E-state index contributed by atoms with van der Waals surface area (Å²) in [6.07, 6.45) is 0. The minimum Gasteiger partial charge on any atom is -0.478 e. The third-order valence-electron chi connectivity index (χ3n) is 2.37. The second kappa shape index (κ2) is 5.64. The van der Waals surface area contributed by atoms with Crippen LogP contribution in [0.5, 0.6) is 5.75 Å². The Labute approximate surface area is 118 Å². The van der Waals surface area contributed by atoms with Gasteiger partial charge in [0, 0.05) is 5.41 Å². The fraction of sp³-hybridized carbons (Fsp3) is 0.417. The first-order valence-corrected chi connectivity index (χ1v) is 6.21. The van der Waals surface area contributed by atoms with Crippen molar-refractivity contribution in [3.05, 3.63) is 32.5 Å². The molecule has 0 unspecified atom stereocenters. The molecule has 0 saturated heterocycles. The Morgan fingerprint density at radius 1 is 1.47 bits per heavy atom. The summed E-state index contributed by atoms with van der Waals surface area (Å²) in [5.41, 5.74) is -1.13. The minimum absolute atomic E-state index is 0.0981. The molecule has 0 radical (unpaired) electrons. The van der Waals surface area contributed by atoms with Gasteiger partial charge in [-0.2, -0.15) is 0 Å². The smallest absolute Gasteiger partial charge is 0.315 e. The lowest BCUT2D eigenvalue weighted by atomic mass is 9.91. The van der Waals surface area contributed by atoms with Crippen molar-refractivity contribution < 1.29 is 18.8 Å². The number of rotatable bonds is 4. The average molecular weight is 334 g/mol. The van der Waals surface area contributed by atoms with E-state index in [2.05, 4.69) is 15.9 Å². The van der Waals surface area contributed by atoms with Crippen LogP contribution in [0.25, 0.3) is 0 Å². The highest BCUT2D eigenvalue weighted by Gasteiger charge is 2.25. The Bertz CT molecular complexity index is 525. The monoisotopic (exact) mass is 333 g/mol. The minimum atomic E-state index is -0.759. The highest BCUT2D eigenvalue weighted by Crippen LogP contribution is 2.36. The predicted octanol–water partition coefficient (Wildman–Crippen LogP) is 3.49. The van der Waals surface area contributed by atoms with Gasteiger partial charge in [0.2, 0.25) is 5.75 Å². The molecular formula is C12H13BrFNO4. The molecule has 0 aromatic heterocycles. The number of nitro groups is 1. The second-order valence-electron chi connectivity index (χ2n) is 4.95. The van der Waals surface area contributed by atoms with Crippen LogP contribution in [0.15, 0.2) is 16.6 Å². The zero-order valence-electron chi connectivity index (χ0n) is 10.7. The van der Waals surface area contributed by atoms with E-state index >= 15 is 0 Å². The number of Topliss-reactive ketones (excluding diaryl/α,β-unsaturated/α-hetero) is 1. The normalized spacial score (nSPS) is 11.2. The lowest BCUT2D eigenvalue weighted by Crippen LogP contribution is -2.26. The fourth-order valence-electron chi connectivity index (χ4n) is 1.18. The molecule has 0 N–H and O–H groups in total. The largest absolute Gasteiger partial charge is 0.478 e. The molecule has 0 amide bonds. The molecule has 0 aliphatic heterocycles. The van der Waals surface area contributed by atoms with Gasteiger partial charge in [-0.1, -0.05) is 20.8 Å². The van der Waals surface area contributed by atoms with Crippen molar-refractivity contribution in [1.82, 2.24) is 0 Å². The predicted molar refractivity (Wildman–Crippen MR) is 70.7 cm³/mol. The number of ketones is 1. The van der Waals surface area contributed by atoms with E-state index < -0.39 is 21.8 Å². The number of ether oxygens (including phenoxy) is 1. The van der Waals surface area contributed by atoms with E-state index in [1.54, 1.807) is 20.8 Å². The van der Waals surface area contributed by atoms with Crippen LogP contribution in [0, 0.1) is 21.3 Å². The van der Waals surface area contributed by atoms with Crippen LogP contribution in [0.3, 0.4) is 0 Å². The van der Waals surface area contributed by atoms with Gasteiger partial charge >= 0.3 is 5.69 Å². The molecule has 0 bridgehead atoms. The number of hydrogen-bond acceptors (Lipinski definition) is 4. The molecule has 0 atom stereocenters. The summed E-state index contributed by atoms with van der Waals surface area (Å²) < 4.78 is 18.4. The number of benzene rings is 1. The molecule has 19 heavy (non-hydrogen) atoms. The van der Waals surface area contributed by atoms with Crippen molar-refractivity contribution in [1.29, 1.82) is 0 Å². The van der Waals surface area contributed by atoms with Gasteiger partial charge < -0.3 is 4.74 Å². The first-order valence-electron chi connectivity index (χ1n) is 5.42. The Morgan fingerprint density at radius 2 is 2.05 bits per heavy atom. The molecule has 1 aromatic rings. The van der Waals surface area contributed by atoms with Crippen molar-refractivity contribution in [2.45, 2.75) is 20.8 Å². The highest BCUT2D eigenvalue weighted by atomic mass is 79.9. The van der Waals surface area contributed by atoms with E-state index in [1.165, 1.54) is 0 Å². The van der Waals surface area contributed by atoms with Crippen LogP contribution in [0.2, 0.25) is 0 Å². The first-order chi connectivity index (χ1) is 8.62. The van der Waals surface area contributed by atoms with Gasteiger partial charge in [0.15, 0.2) is 5.78 Å². The Balaban J connectivity index is 3.01. The summed E-state index contributed by atoms with van der Waals surface area (Å²) >= 11 is 2.99. The van der Waals surface area contributed by atoms with Crippen LogP contribution in [-0.2, 0) is 4.79 Å². The number of halogens is 2. The summed E-state index contributed by atoms with van der Waals surface area (Å²) in [5.74, 6) is -1.12. The number of carbonyl (C=O) groups excluding carboxylic acids is 1. The lowest BCUT2D eigenvalue weighted by Gasteiger charge is -2.17. The Hall–Kier alpha value is -1.50. The van der Waals surface area contributed by atoms with Gasteiger partial charge in [0.25, 0.3) is 0 Å². The van der Waals surface area contributed by atoms with Crippen molar-refractivity contribution in [3.63, 3.8) is 0 Å². The molecule has 0 aliphatic rings. The van der Waals surface area contributed by atoms with Crippen LogP contribution < -0.4 is 4.74 Å². The van der Waals surface area contributed by atoms with Gasteiger partial charge in [0.1, 0.15) is 12.4 Å². The summed E-state index contributed by atoms with van der Waals surface area (Å²) in [6.45, 7) is 4.83. The third kappa shape index (κ3) is 3.99. The van der Waals surface area contributed by atoms with Crippen LogP contribution in [-0.4, -0.2) is 17.3 Å². The maximum Gasteiger partial charge on any atom is 0.315 e. The van der Waals surface area contributed by atoms with Crippen molar-refractivity contribution in [2.24, 2.45) is 5.41 Å². The van der Waals surface area contributed by atoms with Crippen molar-refractivity contribution >= 4 is 27.4 Å². The molecule has 0 heterocycles. The number of nitrogens with zero attached hydrogens (tertiary/aromatic N) is 1. The van der Waals surface area contributed by atoms with Crippen molar-refractivity contribution in [2.75, 3.05) is 6.61 Å². The molecular weight excluding hydrogens is 321 g/mol. The topological polar surface area (TPSA) is 69.4 Å². The van der Waals surface area contributed by atoms with E-state index in [0.717, 1.165) is 12.1 Å². The maximum absolute atomic E-state index is 13.1. The third-order valence-corrected chi connectivity index (χ3v) is 2.96. The summed E-state index contributed by atoms with van der Waals surface area (Å²) in [6, 6.07) is 1.80. The van der Waals surface area contributed by atoms with Crippen molar-refractivity contribution in [3.8, 4) is 5.75 Å². The molecule has 5 nitrogen and oxygen atoms in total. The number of nitro benzene ring substituents is 1. The van der Waals surface area contributed by atoms with Crippen LogP contribution in [0.1, 0.15) is 20.8 Å². The van der Waals surface area contributed by atoms with E-state index in [-0.39, 0.29) is 22.6 Å². The van der Waals surface area contributed by atoms with Gasteiger partial charge in [0.05, 0.1) is 15.5 Å². The molecule has 104 valence electrons. The molecule has 0 saturated carbocycles. The molecule has 1 aromatic carbocycles. The lowest BCUT2D eigenvalue weighted by molar-refractivity contribution is -0.386. The van der Waals surface area contributed by atoms with Gasteiger partial charge in [-0.25, -0.2) is 4.39 Å². The highest BCUT2D eigenvalue weighted by molar-refractivity contribution is 9.10. The maximum atomic E-state index is 13.1. The summed E-state index contributed by atoms with van der Waals surface area (Å²) in [5, 5.41) is 10.8. The molecule has 0 spiro atoms. The van der Waals surface area contributed by atoms with Gasteiger partial charge in [-0.15, -0.1) is 0 Å². The van der Waals surface area contributed by atoms with Gasteiger partial charge in [-0.05, 0) is 22.0 Å². The quantitative estimate of drug-likeness (QED) is 0.624. The second-order valence-corrected chi connectivity index (χ2v) is 5.81. The number of carbonyl (C=O) groups is 1. The SMILES string of the molecule is CC(C)(C)C(=O)COc1c(Br)cc(F)cc1[N+](=O)[O-]. The molecule has 0 aliphatic carbocycles. The molecule has 1 rings (SSSR count). The standard InChI is InChI=1S/C12H13BrFNO4/c1-12(2,3)10(16)6-19-11-8(13)4-7(14)5-9(11)15(17)18/h4-5H,6H2,1-3H3. The zero-order chi connectivity index (χ0) is 14.8. The average Bonchev–Trinajstić information content (AvgIpc) is 2.24. The van der Waals surface area contributed by atoms with E-state index in [0.29, 0.717) is 0 Å². The van der Waals surface area contributed by atoms with E-state index in [4.69, 9.17) is 4.74 Å². The zero-order valence-corrected chi connectivity index (χ0v) is 12.3. The first kappa shape index (κ1) is 15.6. The van der Waals surface area contributed by atoms with E-state index in [1.807, 2.05) is 0 Å².